The van der Waals surface area contributed by atoms with Gasteiger partial charge in [0.2, 0.25) is 0 Å². The average molecular weight is 289 g/mol. The lowest BCUT2D eigenvalue weighted by molar-refractivity contribution is 0.687. The highest BCUT2D eigenvalue weighted by Crippen LogP contribution is 2.12. The summed E-state index contributed by atoms with van der Waals surface area (Å²) >= 11 is 5.87. The van der Waals surface area contributed by atoms with Crippen LogP contribution in [0.2, 0.25) is 5.02 Å². The van der Waals surface area contributed by atoms with Crippen LogP contribution in [0, 0.1) is 0 Å². The largest absolute Gasteiger partial charge is 0.378 e. The van der Waals surface area contributed by atoms with Gasteiger partial charge in [-0.1, -0.05) is 35.9 Å². The van der Waals surface area contributed by atoms with Crippen LogP contribution in [-0.4, -0.2) is 20.6 Å². The number of anilines is 1. The molecule has 0 fully saturated rings. The van der Waals surface area contributed by atoms with Crippen molar-refractivity contribution in [2.45, 2.75) is 13.0 Å². The maximum Gasteiger partial charge on any atom is 0.0406 e. The van der Waals surface area contributed by atoms with Crippen LogP contribution >= 0.6 is 11.6 Å². The maximum atomic E-state index is 5.87. The SMILES string of the molecule is CN(C)c1ccc(CNCCc2ccc(Cl)cc2)cc1. The van der Waals surface area contributed by atoms with Gasteiger partial charge in [-0.05, 0) is 48.4 Å². The number of hydrogen-bond donors (Lipinski definition) is 1. The van der Waals surface area contributed by atoms with Crippen LogP contribution in [0.5, 0.6) is 0 Å². The van der Waals surface area contributed by atoms with Gasteiger partial charge in [-0.2, -0.15) is 0 Å². The number of benzene rings is 2. The molecule has 0 saturated heterocycles. The summed E-state index contributed by atoms with van der Waals surface area (Å²) < 4.78 is 0. The summed E-state index contributed by atoms with van der Waals surface area (Å²) in [6.45, 7) is 1.87. The molecule has 2 nitrogen and oxygen atoms in total. The highest BCUT2D eigenvalue weighted by Gasteiger charge is 1.97. The summed E-state index contributed by atoms with van der Waals surface area (Å²) in [4.78, 5) is 2.11. The van der Waals surface area contributed by atoms with E-state index in [-0.39, 0.29) is 0 Å². The third kappa shape index (κ3) is 4.55. The first-order valence-electron chi connectivity index (χ1n) is 6.86. The molecule has 0 radical (unpaired) electrons. The maximum absolute atomic E-state index is 5.87. The number of rotatable bonds is 6. The van der Waals surface area contributed by atoms with E-state index in [2.05, 4.69) is 60.7 Å². The van der Waals surface area contributed by atoms with E-state index in [4.69, 9.17) is 11.6 Å². The topological polar surface area (TPSA) is 15.3 Å². The molecule has 3 heteroatoms. The standard InChI is InChI=1S/C17H21ClN2/c1-20(2)17-9-5-15(6-10-17)13-19-12-11-14-3-7-16(18)8-4-14/h3-10,19H,11-13H2,1-2H3. The van der Waals surface area contributed by atoms with Crippen LogP contribution in [0.4, 0.5) is 5.69 Å². The summed E-state index contributed by atoms with van der Waals surface area (Å²) in [5, 5.41) is 4.26. The van der Waals surface area contributed by atoms with Gasteiger partial charge in [0.25, 0.3) is 0 Å². The third-order valence-corrected chi connectivity index (χ3v) is 3.54. The zero-order valence-corrected chi connectivity index (χ0v) is 12.8. The van der Waals surface area contributed by atoms with Crippen molar-refractivity contribution in [1.82, 2.24) is 5.32 Å². The summed E-state index contributed by atoms with van der Waals surface area (Å²) in [5.41, 5.74) is 3.85. The Balaban J connectivity index is 1.74. The van der Waals surface area contributed by atoms with Crippen molar-refractivity contribution in [3.8, 4) is 0 Å². The minimum absolute atomic E-state index is 0.794. The molecule has 0 aliphatic heterocycles. The van der Waals surface area contributed by atoms with E-state index >= 15 is 0 Å². The predicted octanol–water partition coefficient (Wildman–Crippen LogP) is 3.74. The van der Waals surface area contributed by atoms with E-state index in [9.17, 15) is 0 Å². The van der Waals surface area contributed by atoms with Crippen molar-refractivity contribution in [3.63, 3.8) is 0 Å². The highest BCUT2D eigenvalue weighted by atomic mass is 35.5. The second kappa shape index (κ2) is 7.32. The monoisotopic (exact) mass is 288 g/mol. The first-order valence-corrected chi connectivity index (χ1v) is 7.24. The first-order chi connectivity index (χ1) is 9.65. The molecule has 0 amide bonds. The van der Waals surface area contributed by atoms with Crippen LogP contribution in [0.3, 0.4) is 0 Å². The Morgan fingerprint density at radius 1 is 0.900 bits per heavy atom. The number of halogens is 1. The van der Waals surface area contributed by atoms with E-state index in [0.717, 1.165) is 24.5 Å². The second-order valence-corrected chi connectivity index (χ2v) is 5.55. The van der Waals surface area contributed by atoms with Gasteiger partial charge >= 0.3 is 0 Å². The van der Waals surface area contributed by atoms with Crippen LogP contribution in [0.15, 0.2) is 48.5 Å². The fourth-order valence-electron chi connectivity index (χ4n) is 2.03. The molecule has 106 valence electrons. The molecule has 0 heterocycles. The first kappa shape index (κ1) is 14.9. The molecule has 20 heavy (non-hydrogen) atoms. The second-order valence-electron chi connectivity index (χ2n) is 5.11. The smallest absolute Gasteiger partial charge is 0.0406 e. The fourth-order valence-corrected chi connectivity index (χ4v) is 2.15. The van der Waals surface area contributed by atoms with Gasteiger partial charge in [0.1, 0.15) is 0 Å². The van der Waals surface area contributed by atoms with Crippen LogP contribution in [-0.2, 0) is 13.0 Å². The fraction of sp³-hybridized carbons (Fsp3) is 0.294. The zero-order chi connectivity index (χ0) is 14.4. The Morgan fingerprint density at radius 2 is 1.50 bits per heavy atom. The number of nitrogens with zero attached hydrogens (tertiary/aromatic N) is 1. The Kier molecular flexibility index (Phi) is 5.45. The van der Waals surface area contributed by atoms with Crippen LogP contribution in [0.1, 0.15) is 11.1 Å². The number of nitrogens with one attached hydrogen (secondary N) is 1. The van der Waals surface area contributed by atoms with E-state index in [1.54, 1.807) is 0 Å². The molecule has 2 aromatic rings. The van der Waals surface area contributed by atoms with Gasteiger partial charge in [0.05, 0.1) is 0 Å². The average Bonchev–Trinajstić information content (AvgIpc) is 2.46. The van der Waals surface area contributed by atoms with Crippen molar-refractivity contribution in [3.05, 3.63) is 64.7 Å². The van der Waals surface area contributed by atoms with E-state index in [1.807, 2.05) is 12.1 Å². The molecule has 0 bridgehead atoms. The van der Waals surface area contributed by atoms with Crippen molar-refractivity contribution in [1.29, 1.82) is 0 Å². The van der Waals surface area contributed by atoms with Crippen molar-refractivity contribution >= 4 is 17.3 Å². The molecule has 0 spiro atoms. The Bertz CT molecular complexity index is 518. The molecule has 2 aromatic carbocycles. The van der Waals surface area contributed by atoms with Crippen molar-refractivity contribution in [2.75, 3.05) is 25.5 Å². The molecule has 0 aromatic heterocycles. The lowest BCUT2D eigenvalue weighted by Crippen LogP contribution is -2.16. The molecular weight excluding hydrogens is 268 g/mol. The molecule has 2 rings (SSSR count). The van der Waals surface area contributed by atoms with Crippen LogP contribution in [0.25, 0.3) is 0 Å². The minimum atomic E-state index is 0.794. The summed E-state index contributed by atoms with van der Waals surface area (Å²) in [6, 6.07) is 16.7. The lowest BCUT2D eigenvalue weighted by Gasteiger charge is -2.13. The van der Waals surface area contributed by atoms with Gasteiger partial charge < -0.3 is 10.2 Å². The molecular formula is C17H21ClN2. The Labute approximate surface area is 126 Å². The highest BCUT2D eigenvalue weighted by molar-refractivity contribution is 6.30. The summed E-state index contributed by atoms with van der Waals surface area (Å²) in [5.74, 6) is 0. The molecule has 0 aliphatic carbocycles. The quantitative estimate of drug-likeness (QED) is 0.815. The normalized spacial score (nSPS) is 10.6. The molecule has 1 N–H and O–H groups in total. The van der Waals surface area contributed by atoms with Crippen LogP contribution < -0.4 is 10.2 Å². The Morgan fingerprint density at radius 3 is 2.10 bits per heavy atom. The molecule has 0 aliphatic rings. The molecule has 0 saturated carbocycles. The summed E-state index contributed by atoms with van der Waals surface area (Å²) in [7, 11) is 4.11. The van der Waals surface area contributed by atoms with Crippen molar-refractivity contribution in [2.24, 2.45) is 0 Å². The number of hydrogen-bond acceptors (Lipinski definition) is 2. The summed E-state index contributed by atoms with van der Waals surface area (Å²) in [6.07, 6.45) is 1.02. The van der Waals surface area contributed by atoms with Gasteiger partial charge in [0, 0.05) is 31.4 Å². The van der Waals surface area contributed by atoms with Crippen molar-refractivity contribution < 1.29 is 0 Å². The van der Waals surface area contributed by atoms with E-state index < -0.39 is 0 Å². The molecule has 0 unspecified atom stereocenters. The lowest BCUT2D eigenvalue weighted by atomic mass is 10.1. The predicted molar refractivity (Wildman–Crippen MR) is 87.6 cm³/mol. The minimum Gasteiger partial charge on any atom is -0.378 e. The molecule has 0 atom stereocenters. The third-order valence-electron chi connectivity index (χ3n) is 3.29. The van der Waals surface area contributed by atoms with Gasteiger partial charge in [-0.25, -0.2) is 0 Å². The van der Waals surface area contributed by atoms with E-state index in [1.165, 1.54) is 16.8 Å². The zero-order valence-electron chi connectivity index (χ0n) is 12.1. The van der Waals surface area contributed by atoms with Gasteiger partial charge in [0.15, 0.2) is 0 Å². The van der Waals surface area contributed by atoms with E-state index in [0.29, 0.717) is 0 Å². The van der Waals surface area contributed by atoms with Gasteiger partial charge in [-0.15, -0.1) is 0 Å². The van der Waals surface area contributed by atoms with Gasteiger partial charge in [-0.3, -0.25) is 0 Å². The Hall–Kier alpha value is -1.51.